The molecule has 0 bridgehead atoms. The minimum absolute atomic E-state index is 0.118. The summed E-state index contributed by atoms with van der Waals surface area (Å²) in [4.78, 5) is 17.2. The van der Waals surface area contributed by atoms with E-state index < -0.39 is 10.0 Å². The Hall–Kier alpha value is -3.67. The van der Waals surface area contributed by atoms with Crippen LogP contribution in [0.15, 0.2) is 83.8 Å². The number of benzene rings is 3. The Bertz CT molecular complexity index is 1380. The molecule has 1 fully saturated rings. The zero-order valence-corrected chi connectivity index (χ0v) is 20.1. The molecule has 0 aliphatic carbocycles. The maximum atomic E-state index is 13.4. The second-order valence-electron chi connectivity index (χ2n) is 8.75. The van der Waals surface area contributed by atoms with Crippen molar-refractivity contribution in [2.24, 2.45) is 0 Å². The first-order valence-corrected chi connectivity index (χ1v) is 13.1. The largest absolute Gasteiger partial charge is 0.336 e. The Labute approximate surface area is 205 Å². The Morgan fingerprint density at radius 3 is 2.31 bits per heavy atom. The van der Waals surface area contributed by atoms with Crippen molar-refractivity contribution in [3.63, 3.8) is 0 Å². The van der Waals surface area contributed by atoms with E-state index >= 15 is 0 Å². The third kappa shape index (κ3) is 4.41. The molecule has 1 amide bonds. The van der Waals surface area contributed by atoms with Gasteiger partial charge in [0.15, 0.2) is 0 Å². The van der Waals surface area contributed by atoms with Crippen molar-refractivity contribution < 1.29 is 13.2 Å². The molecule has 178 valence electrons. The van der Waals surface area contributed by atoms with Crippen molar-refractivity contribution in [2.75, 3.05) is 37.0 Å². The summed E-state index contributed by atoms with van der Waals surface area (Å²) in [7, 11) is -3.77. The summed E-state index contributed by atoms with van der Waals surface area (Å²) in [5.41, 5.74) is 3.00. The van der Waals surface area contributed by atoms with E-state index in [2.05, 4.69) is 11.0 Å². The molecule has 1 atom stereocenters. The summed E-state index contributed by atoms with van der Waals surface area (Å²) >= 11 is 0. The molecule has 1 saturated heterocycles. The number of sulfonamides is 1. The van der Waals surface area contributed by atoms with Crippen molar-refractivity contribution in [3.8, 4) is 6.07 Å². The average Bonchev–Trinajstić information content (AvgIpc) is 3.35. The van der Waals surface area contributed by atoms with Gasteiger partial charge in [0.05, 0.1) is 16.7 Å². The predicted molar refractivity (Wildman–Crippen MR) is 133 cm³/mol. The number of para-hydroxylation sites is 1. The number of hydrogen-bond acceptors (Lipinski definition) is 5. The third-order valence-electron chi connectivity index (χ3n) is 6.72. The number of carbonyl (C=O) groups excluding carboxylic acids is 1. The van der Waals surface area contributed by atoms with Crippen LogP contribution in [-0.4, -0.2) is 56.8 Å². The van der Waals surface area contributed by atoms with Gasteiger partial charge in [-0.2, -0.15) is 5.26 Å². The molecule has 0 N–H and O–H groups in total. The summed E-state index contributed by atoms with van der Waals surface area (Å²) in [5, 5.41) is 9.71. The Kier molecular flexibility index (Phi) is 6.29. The first-order valence-electron chi connectivity index (χ1n) is 11.7. The molecule has 5 rings (SSSR count). The van der Waals surface area contributed by atoms with Crippen LogP contribution in [0.1, 0.15) is 27.5 Å². The molecule has 2 heterocycles. The average molecular weight is 487 g/mol. The van der Waals surface area contributed by atoms with Gasteiger partial charge in [-0.15, -0.1) is 0 Å². The number of hydrogen-bond donors (Lipinski definition) is 0. The zero-order chi connectivity index (χ0) is 24.4. The van der Waals surface area contributed by atoms with Gasteiger partial charge in [0.2, 0.25) is 0 Å². The lowest BCUT2D eigenvalue weighted by Crippen LogP contribution is -2.49. The summed E-state index contributed by atoms with van der Waals surface area (Å²) < 4.78 is 28.2. The summed E-state index contributed by atoms with van der Waals surface area (Å²) in [6, 6.07) is 25.5. The quantitative estimate of drug-likeness (QED) is 0.552. The van der Waals surface area contributed by atoms with Crippen LogP contribution >= 0.6 is 0 Å². The molecule has 0 saturated carbocycles. The molecule has 1 unspecified atom stereocenters. The molecule has 0 spiro atoms. The second kappa shape index (κ2) is 9.53. The highest BCUT2D eigenvalue weighted by atomic mass is 32.2. The first-order chi connectivity index (χ1) is 17.0. The summed E-state index contributed by atoms with van der Waals surface area (Å²) in [5.74, 6) is -0.197. The van der Waals surface area contributed by atoms with E-state index in [4.69, 9.17) is 0 Å². The van der Waals surface area contributed by atoms with E-state index in [0.717, 1.165) is 11.1 Å². The van der Waals surface area contributed by atoms with Gasteiger partial charge in [-0.3, -0.25) is 14.0 Å². The van der Waals surface area contributed by atoms with E-state index in [0.29, 0.717) is 50.4 Å². The minimum atomic E-state index is -3.77. The van der Waals surface area contributed by atoms with Gasteiger partial charge in [0.25, 0.3) is 15.9 Å². The number of nitrogens with zero attached hydrogens (tertiary/aromatic N) is 4. The van der Waals surface area contributed by atoms with Gasteiger partial charge in [0.1, 0.15) is 6.04 Å². The minimum Gasteiger partial charge on any atom is -0.336 e. The van der Waals surface area contributed by atoms with Crippen molar-refractivity contribution in [1.29, 1.82) is 5.26 Å². The number of rotatable bonds is 5. The smallest absolute Gasteiger partial charge is 0.264 e. The van der Waals surface area contributed by atoms with Gasteiger partial charge >= 0.3 is 0 Å². The fourth-order valence-electron chi connectivity index (χ4n) is 4.84. The highest BCUT2D eigenvalue weighted by Gasteiger charge is 2.32. The van der Waals surface area contributed by atoms with E-state index in [1.54, 1.807) is 23.1 Å². The summed E-state index contributed by atoms with van der Waals surface area (Å²) in [6.45, 7) is 2.48. The van der Waals surface area contributed by atoms with Crippen LogP contribution in [-0.2, 0) is 16.4 Å². The first kappa shape index (κ1) is 23.1. The van der Waals surface area contributed by atoms with Gasteiger partial charge in [0, 0.05) is 38.3 Å². The molecule has 8 heteroatoms. The number of carbonyl (C=O) groups is 1. The molecular weight excluding hydrogens is 460 g/mol. The Morgan fingerprint density at radius 1 is 0.857 bits per heavy atom. The van der Waals surface area contributed by atoms with Crippen LogP contribution in [0.25, 0.3) is 0 Å². The van der Waals surface area contributed by atoms with Crippen molar-refractivity contribution in [3.05, 3.63) is 95.6 Å². The Balaban J connectivity index is 1.30. The van der Waals surface area contributed by atoms with E-state index in [1.165, 1.54) is 10.4 Å². The third-order valence-corrected chi connectivity index (χ3v) is 8.53. The monoisotopic (exact) mass is 486 g/mol. The maximum absolute atomic E-state index is 13.4. The normalized spacial score (nSPS) is 17.0. The standard InChI is InChI=1S/C27H26N4O3S/c28-20-26(21-7-2-1-3-8-21)29-15-17-30(18-16-29)27(32)23-10-6-11-24(19-23)35(33,34)31-14-13-22-9-4-5-12-25(22)31/h1-12,19,26H,13-18H2. The molecule has 0 aromatic heterocycles. The molecular formula is C27H26N4O3S. The zero-order valence-electron chi connectivity index (χ0n) is 19.2. The van der Waals surface area contributed by atoms with Crippen molar-refractivity contribution >= 4 is 21.6 Å². The molecule has 7 nitrogen and oxygen atoms in total. The summed E-state index contributed by atoms with van der Waals surface area (Å²) in [6.07, 6.45) is 0.672. The second-order valence-corrected chi connectivity index (χ2v) is 10.6. The highest BCUT2D eigenvalue weighted by Crippen LogP contribution is 2.33. The predicted octanol–water partition coefficient (Wildman–Crippen LogP) is 3.46. The number of anilines is 1. The molecule has 35 heavy (non-hydrogen) atoms. The van der Waals surface area contributed by atoms with Gasteiger partial charge in [-0.25, -0.2) is 8.42 Å². The molecule has 3 aromatic rings. The fraction of sp³-hybridized carbons (Fsp3) is 0.259. The van der Waals surface area contributed by atoms with Crippen LogP contribution in [0.5, 0.6) is 0 Å². The SMILES string of the molecule is N#CC(c1ccccc1)N1CCN(C(=O)c2cccc(S(=O)(=O)N3CCc4ccccc43)c2)CC1. The number of piperazine rings is 1. The van der Waals surface area contributed by atoms with Crippen LogP contribution in [0, 0.1) is 11.3 Å². The Morgan fingerprint density at radius 2 is 1.57 bits per heavy atom. The van der Waals surface area contributed by atoms with Gasteiger partial charge in [-0.05, 0) is 41.8 Å². The lowest BCUT2D eigenvalue weighted by Gasteiger charge is -2.37. The van der Waals surface area contributed by atoms with E-state index in [-0.39, 0.29) is 16.8 Å². The number of nitriles is 1. The van der Waals surface area contributed by atoms with E-state index in [9.17, 15) is 18.5 Å². The molecule has 2 aliphatic heterocycles. The number of amides is 1. The lowest BCUT2D eigenvalue weighted by atomic mass is 10.1. The lowest BCUT2D eigenvalue weighted by molar-refractivity contribution is 0.0606. The molecule has 0 radical (unpaired) electrons. The van der Waals surface area contributed by atoms with Crippen LogP contribution in [0.3, 0.4) is 0 Å². The topological polar surface area (TPSA) is 84.7 Å². The van der Waals surface area contributed by atoms with Crippen molar-refractivity contribution in [2.45, 2.75) is 17.4 Å². The van der Waals surface area contributed by atoms with Gasteiger partial charge in [-0.1, -0.05) is 54.6 Å². The molecule has 2 aliphatic rings. The maximum Gasteiger partial charge on any atom is 0.264 e. The van der Waals surface area contributed by atoms with Crippen molar-refractivity contribution in [1.82, 2.24) is 9.80 Å². The fourth-order valence-corrected chi connectivity index (χ4v) is 6.39. The highest BCUT2D eigenvalue weighted by molar-refractivity contribution is 7.92. The van der Waals surface area contributed by atoms with Crippen LogP contribution in [0.2, 0.25) is 0 Å². The van der Waals surface area contributed by atoms with Crippen LogP contribution < -0.4 is 4.31 Å². The van der Waals surface area contributed by atoms with E-state index in [1.807, 2.05) is 54.6 Å². The number of fused-ring (bicyclic) bond motifs is 1. The van der Waals surface area contributed by atoms with Crippen LogP contribution in [0.4, 0.5) is 5.69 Å². The van der Waals surface area contributed by atoms with Gasteiger partial charge < -0.3 is 4.90 Å². The molecule has 3 aromatic carbocycles.